The zero-order valence-corrected chi connectivity index (χ0v) is 21.9. The van der Waals surface area contributed by atoms with Crippen molar-refractivity contribution in [2.45, 2.75) is 99.3 Å². The number of aliphatic hydroxyl groups is 1. The topological polar surface area (TPSA) is 37.3 Å². The number of hydrogen-bond acceptors (Lipinski definition) is 2. The van der Waals surface area contributed by atoms with E-state index in [1.807, 2.05) is 25.1 Å². The second kappa shape index (κ2) is 13.6. The van der Waals surface area contributed by atoms with Gasteiger partial charge in [-0.3, -0.25) is 4.79 Å². The minimum Gasteiger partial charge on any atom is -0.507 e. The van der Waals surface area contributed by atoms with Crippen LogP contribution >= 0.6 is 0 Å². The Hall–Kier alpha value is -2.09. The van der Waals surface area contributed by atoms with E-state index in [0.29, 0.717) is 22.3 Å². The van der Waals surface area contributed by atoms with Gasteiger partial charge in [0.25, 0.3) is 0 Å². The van der Waals surface area contributed by atoms with Gasteiger partial charge in [0.05, 0.1) is 0 Å². The van der Waals surface area contributed by atoms with Gasteiger partial charge in [0.1, 0.15) is 5.76 Å². The molecule has 2 nitrogen and oxygen atoms in total. The molecule has 1 aliphatic carbocycles. The van der Waals surface area contributed by atoms with E-state index in [9.17, 15) is 9.90 Å². The summed E-state index contributed by atoms with van der Waals surface area (Å²) in [6, 6.07) is 7.29. The Kier molecular flexibility index (Phi) is 11.2. The highest BCUT2D eigenvalue weighted by Crippen LogP contribution is 2.33. The van der Waals surface area contributed by atoms with Gasteiger partial charge in [-0.1, -0.05) is 115 Å². The predicted octanol–water partition coefficient (Wildman–Crippen LogP) is 9.48. The number of benzene rings is 1. The fraction of sp³-hybridized carbons (Fsp3) is 0.581. The van der Waals surface area contributed by atoms with Crippen molar-refractivity contribution in [2.75, 3.05) is 0 Å². The third-order valence-corrected chi connectivity index (χ3v) is 7.11. The van der Waals surface area contributed by atoms with Gasteiger partial charge >= 0.3 is 0 Å². The van der Waals surface area contributed by atoms with Crippen LogP contribution in [0.3, 0.4) is 0 Å². The second-order valence-electron chi connectivity index (χ2n) is 10.8. The average Bonchev–Trinajstić information content (AvgIpc) is 2.77. The molecule has 0 heterocycles. The number of Topliss-reactive ketones (excluding diaryl/α,β-unsaturated/α-hetero) is 1. The first kappa shape index (κ1) is 27.2. The van der Waals surface area contributed by atoms with Gasteiger partial charge in [0.2, 0.25) is 0 Å². The summed E-state index contributed by atoms with van der Waals surface area (Å²) in [7, 11) is 0. The third-order valence-electron chi connectivity index (χ3n) is 7.11. The molecule has 0 fully saturated rings. The molecule has 0 saturated carbocycles. The summed E-state index contributed by atoms with van der Waals surface area (Å²) >= 11 is 0. The zero-order chi connectivity index (χ0) is 24.4. The lowest BCUT2D eigenvalue weighted by molar-refractivity contribution is 0.103. The lowest BCUT2D eigenvalue weighted by Gasteiger charge is -2.19. The highest BCUT2D eigenvalue weighted by molar-refractivity contribution is 6.17. The van der Waals surface area contributed by atoms with Crippen LogP contribution < -0.4 is 0 Å². The van der Waals surface area contributed by atoms with Gasteiger partial charge in [-0.2, -0.15) is 0 Å². The summed E-state index contributed by atoms with van der Waals surface area (Å²) in [4.78, 5) is 12.9. The molecule has 0 amide bonds. The normalized spacial score (nSPS) is 17.6. The maximum Gasteiger partial charge on any atom is 0.194 e. The first-order valence-electron chi connectivity index (χ1n) is 13.1. The molecule has 33 heavy (non-hydrogen) atoms. The van der Waals surface area contributed by atoms with E-state index in [-0.39, 0.29) is 11.5 Å². The van der Waals surface area contributed by atoms with E-state index < -0.39 is 0 Å². The van der Waals surface area contributed by atoms with Crippen LogP contribution in [0.1, 0.15) is 115 Å². The second-order valence-corrected chi connectivity index (χ2v) is 10.8. The van der Waals surface area contributed by atoms with Gasteiger partial charge in [0, 0.05) is 22.3 Å². The number of ketones is 1. The maximum atomic E-state index is 12.9. The fourth-order valence-corrected chi connectivity index (χ4v) is 4.75. The molecule has 0 bridgehead atoms. The van der Waals surface area contributed by atoms with E-state index in [4.69, 9.17) is 0 Å². The number of allylic oxidation sites excluding steroid dienone is 5. The molecule has 182 valence electrons. The van der Waals surface area contributed by atoms with Gasteiger partial charge in [-0.05, 0) is 44.4 Å². The number of hydrogen-bond donors (Lipinski definition) is 1. The molecule has 1 aliphatic rings. The molecule has 1 N–H and O–H groups in total. The lowest BCUT2D eigenvalue weighted by Crippen LogP contribution is -2.14. The van der Waals surface area contributed by atoms with Crippen LogP contribution in [-0.4, -0.2) is 10.9 Å². The van der Waals surface area contributed by atoms with Crippen LogP contribution in [0.2, 0.25) is 0 Å². The minimum atomic E-state index is -0.00277. The molecule has 0 aromatic heterocycles. The van der Waals surface area contributed by atoms with Crippen LogP contribution in [0.5, 0.6) is 0 Å². The van der Waals surface area contributed by atoms with Gasteiger partial charge in [-0.15, -0.1) is 0 Å². The number of fused-ring (bicyclic) bond motifs is 1. The average molecular weight is 451 g/mol. The first-order valence-corrected chi connectivity index (χ1v) is 13.1. The number of rotatable bonds is 13. The Balaban J connectivity index is 1.76. The maximum absolute atomic E-state index is 12.9. The monoisotopic (exact) mass is 450 g/mol. The molecular formula is C31H46O2. The largest absolute Gasteiger partial charge is 0.507 e. The summed E-state index contributed by atoms with van der Waals surface area (Å²) in [6.07, 6.45) is 15.6. The molecule has 0 saturated heterocycles. The quantitative estimate of drug-likeness (QED) is 0.304. The van der Waals surface area contributed by atoms with E-state index in [2.05, 4.69) is 40.7 Å². The first-order chi connectivity index (χ1) is 15.7. The molecule has 0 radical (unpaired) electrons. The standard InChI is InChI=1S/C31H46O2/c1-22(2)12-9-13-23(3)14-10-15-24(4)16-11-17-25(5)20-21-27-26(6)30(32)28-18-7-8-19-29(28)31(27)33/h7-8,18-24,32H,9-17H2,1-6H3/b25-20+,27-21+. The van der Waals surface area contributed by atoms with Crippen molar-refractivity contribution in [2.24, 2.45) is 17.8 Å². The number of carbonyl (C=O) groups excluding carboxylic acids is 1. The fourth-order valence-electron chi connectivity index (χ4n) is 4.75. The third kappa shape index (κ3) is 8.65. The molecule has 0 aliphatic heterocycles. The molecule has 2 unspecified atom stereocenters. The Morgan fingerprint density at radius 1 is 0.879 bits per heavy atom. The van der Waals surface area contributed by atoms with Crippen LogP contribution in [-0.2, 0) is 0 Å². The zero-order valence-electron chi connectivity index (χ0n) is 21.9. The van der Waals surface area contributed by atoms with Crippen molar-refractivity contribution in [3.8, 4) is 0 Å². The highest BCUT2D eigenvalue weighted by Gasteiger charge is 2.26. The summed E-state index contributed by atoms with van der Waals surface area (Å²) in [5, 5.41) is 10.5. The Labute approximate surface area is 202 Å². The van der Waals surface area contributed by atoms with Crippen LogP contribution in [0.4, 0.5) is 0 Å². The van der Waals surface area contributed by atoms with Gasteiger partial charge in [-0.25, -0.2) is 0 Å². The van der Waals surface area contributed by atoms with Gasteiger partial charge < -0.3 is 5.11 Å². The molecule has 1 aromatic rings. The predicted molar refractivity (Wildman–Crippen MR) is 143 cm³/mol. The van der Waals surface area contributed by atoms with E-state index in [1.165, 1.54) is 56.9 Å². The Morgan fingerprint density at radius 3 is 2.03 bits per heavy atom. The van der Waals surface area contributed by atoms with E-state index in [0.717, 1.165) is 24.2 Å². The molecular weight excluding hydrogens is 404 g/mol. The summed E-state index contributed by atoms with van der Waals surface area (Å²) in [6.45, 7) is 13.4. The number of carbonyl (C=O) groups is 1. The molecule has 2 heteroatoms. The smallest absolute Gasteiger partial charge is 0.194 e. The molecule has 1 aromatic carbocycles. The van der Waals surface area contributed by atoms with Crippen molar-refractivity contribution >= 4 is 11.5 Å². The van der Waals surface area contributed by atoms with E-state index in [1.54, 1.807) is 12.1 Å². The molecule has 2 rings (SSSR count). The lowest BCUT2D eigenvalue weighted by atomic mass is 9.86. The molecule has 2 atom stereocenters. The van der Waals surface area contributed by atoms with Crippen molar-refractivity contribution in [3.63, 3.8) is 0 Å². The van der Waals surface area contributed by atoms with Crippen LogP contribution in [0, 0.1) is 17.8 Å². The van der Waals surface area contributed by atoms with Crippen molar-refractivity contribution < 1.29 is 9.90 Å². The Morgan fingerprint density at radius 2 is 1.42 bits per heavy atom. The van der Waals surface area contributed by atoms with E-state index >= 15 is 0 Å². The summed E-state index contributed by atoms with van der Waals surface area (Å²) < 4.78 is 0. The van der Waals surface area contributed by atoms with Crippen LogP contribution in [0.25, 0.3) is 5.76 Å². The SMILES string of the molecule is CC1=C(O)c2ccccc2C(=O)/C1=C/C=C(\C)CCCC(C)CCCC(C)CCCC(C)C. The van der Waals surface area contributed by atoms with Gasteiger partial charge in [0.15, 0.2) is 5.78 Å². The minimum absolute atomic E-state index is 0.00277. The Bertz CT molecular complexity index is 869. The summed E-state index contributed by atoms with van der Waals surface area (Å²) in [5.41, 5.74) is 3.77. The van der Waals surface area contributed by atoms with Crippen LogP contribution in [0.15, 0.2) is 53.1 Å². The van der Waals surface area contributed by atoms with Crippen molar-refractivity contribution in [3.05, 3.63) is 64.3 Å². The summed E-state index contributed by atoms with van der Waals surface area (Å²) in [5.74, 6) is 2.68. The molecule has 0 spiro atoms. The van der Waals surface area contributed by atoms with Crippen molar-refractivity contribution in [1.29, 1.82) is 0 Å². The number of aliphatic hydroxyl groups excluding tert-OH is 1. The highest BCUT2D eigenvalue weighted by atomic mass is 16.3. The van der Waals surface area contributed by atoms with Crippen molar-refractivity contribution in [1.82, 2.24) is 0 Å².